The average molecular weight is 444 g/mol. The minimum Gasteiger partial charge on any atom is -0.377 e. The Morgan fingerprint density at radius 3 is 2.69 bits per heavy atom. The van der Waals surface area contributed by atoms with Crippen LogP contribution in [0.5, 0.6) is 0 Å². The molecule has 3 aromatic rings. The summed E-state index contributed by atoms with van der Waals surface area (Å²) >= 11 is 0. The van der Waals surface area contributed by atoms with E-state index in [1.54, 1.807) is 33.0 Å². The fraction of sp³-hybridized carbons (Fsp3) is 0.348. The summed E-state index contributed by atoms with van der Waals surface area (Å²) in [5.74, 6) is 0.909. The highest BCUT2D eigenvalue weighted by Crippen LogP contribution is 2.32. The van der Waals surface area contributed by atoms with Gasteiger partial charge in [0.05, 0.1) is 24.2 Å². The number of benzene rings is 1. The van der Waals surface area contributed by atoms with Crippen LogP contribution in [0, 0.1) is 6.92 Å². The highest BCUT2D eigenvalue weighted by atomic mass is 19.4. The zero-order chi connectivity index (χ0) is 23.0. The van der Waals surface area contributed by atoms with E-state index in [9.17, 15) is 18.0 Å². The van der Waals surface area contributed by atoms with Crippen LogP contribution in [0.25, 0.3) is 16.6 Å². The summed E-state index contributed by atoms with van der Waals surface area (Å²) in [5, 5.41) is 3.84. The van der Waals surface area contributed by atoms with Crippen molar-refractivity contribution in [3.8, 4) is 0 Å². The maximum atomic E-state index is 13.1. The van der Waals surface area contributed by atoms with E-state index in [-0.39, 0.29) is 5.56 Å². The Bertz CT molecular complexity index is 1260. The van der Waals surface area contributed by atoms with Crippen LogP contribution in [-0.4, -0.2) is 27.7 Å². The molecule has 1 atom stereocenters. The van der Waals surface area contributed by atoms with Crippen LogP contribution < -0.4 is 10.9 Å². The maximum Gasteiger partial charge on any atom is 0.416 e. The van der Waals surface area contributed by atoms with Gasteiger partial charge in [0, 0.05) is 18.7 Å². The van der Waals surface area contributed by atoms with Crippen molar-refractivity contribution in [1.82, 2.24) is 14.5 Å². The van der Waals surface area contributed by atoms with Crippen molar-refractivity contribution in [2.45, 2.75) is 32.5 Å². The Balaban J connectivity index is 1.79. The Hall–Kier alpha value is -3.20. The molecular formula is C23H23F3N4O2. The van der Waals surface area contributed by atoms with Crippen molar-refractivity contribution in [1.29, 1.82) is 0 Å². The van der Waals surface area contributed by atoms with Crippen LogP contribution in [0.2, 0.25) is 0 Å². The minimum absolute atomic E-state index is 0.166. The number of alkyl halides is 3. The number of pyridine rings is 1. The molecule has 0 saturated heterocycles. The number of ether oxygens (including phenoxy) is 1. The largest absolute Gasteiger partial charge is 0.416 e. The van der Waals surface area contributed by atoms with Gasteiger partial charge in [0.2, 0.25) is 0 Å². The highest BCUT2D eigenvalue weighted by molar-refractivity contribution is 5.89. The van der Waals surface area contributed by atoms with E-state index >= 15 is 0 Å². The normalized spacial score (nSPS) is 15.5. The van der Waals surface area contributed by atoms with Gasteiger partial charge in [0.15, 0.2) is 0 Å². The van der Waals surface area contributed by atoms with Crippen molar-refractivity contribution < 1.29 is 17.9 Å². The van der Waals surface area contributed by atoms with Crippen molar-refractivity contribution in [3.05, 3.63) is 69.3 Å². The summed E-state index contributed by atoms with van der Waals surface area (Å²) < 4.78 is 46.2. The van der Waals surface area contributed by atoms with E-state index in [1.165, 1.54) is 10.6 Å². The predicted molar refractivity (Wildman–Crippen MR) is 116 cm³/mol. The summed E-state index contributed by atoms with van der Waals surface area (Å²) in [6, 6.07) is 6.50. The second-order valence-corrected chi connectivity index (χ2v) is 7.82. The SMILES string of the molecule is Cc1nc(N[C@H](C)c2cccc(C(F)(F)F)c2)c2cc(C3=CCOCC3)c(=O)n(C)c2n1. The Morgan fingerprint density at radius 1 is 1.22 bits per heavy atom. The molecule has 0 fully saturated rings. The summed E-state index contributed by atoms with van der Waals surface area (Å²) in [7, 11) is 1.65. The van der Waals surface area contributed by atoms with Gasteiger partial charge in [0.1, 0.15) is 17.3 Å². The Morgan fingerprint density at radius 2 is 2.00 bits per heavy atom. The third-order valence-corrected chi connectivity index (χ3v) is 5.56. The summed E-state index contributed by atoms with van der Waals surface area (Å²) in [4.78, 5) is 21.9. The van der Waals surface area contributed by atoms with Gasteiger partial charge in [-0.1, -0.05) is 18.2 Å². The van der Waals surface area contributed by atoms with Gasteiger partial charge in [-0.2, -0.15) is 13.2 Å². The Labute approximate surface area is 182 Å². The molecule has 32 heavy (non-hydrogen) atoms. The lowest BCUT2D eigenvalue weighted by atomic mass is 10.0. The molecule has 0 aliphatic carbocycles. The second kappa shape index (κ2) is 8.38. The number of halogens is 3. The third-order valence-electron chi connectivity index (χ3n) is 5.56. The van der Waals surface area contributed by atoms with Crippen LogP contribution in [0.4, 0.5) is 19.0 Å². The fourth-order valence-electron chi connectivity index (χ4n) is 3.82. The van der Waals surface area contributed by atoms with Crippen LogP contribution in [0.3, 0.4) is 0 Å². The highest BCUT2D eigenvalue weighted by Gasteiger charge is 2.30. The first-order valence-corrected chi connectivity index (χ1v) is 10.2. The molecule has 4 rings (SSSR count). The molecule has 0 spiro atoms. The molecule has 1 N–H and O–H groups in total. The molecule has 0 radical (unpaired) electrons. The lowest BCUT2D eigenvalue weighted by Crippen LogP contribution is -2.24. The molecular weight excluding hydrogens is 421 g/mol. The van der Waals surface area contributed by atoms with Crippen molar-refractivity contribution in [3.63, 3.8) is 0 Å². The van der Waals surface area contributed by atoms with Gasteiger partial charge in [-0.05, 0) is 49.6 Å². The molecule has 2 aromatic heterocycles. The van der Waals surface area contributed by atoms with E-state index in [1.807, 2.05) is 6.08 Å². The number of aromatic nitrogens is 3. The van der Waals surface area contributed by atoms with Gasteiger partial charge in [0.25, 0.3) is 5.56 Å². The maximum absolute atomic E-state index is 13.1. The van der Waals surface area contributed by atoms with E-state index in [0.29, 0.717) is 53.4 Å². The van der Waals surface area contributed by atoms with Gasteiger partial charge < -0.3 is 10.1 Å². The molecule has 0 bridgehead atoms. The molecule has 1 aliphatic heterocycles. The lowest BCUT2D eigenvalue weighted by molar-refractivity contribution is -0.137. The second-order valence-electron chi connectivity index (χ2n) is 7.82. The van der Waals surface area contributed by atoms with Crippen molar-refractivity contribution in [2.75, 3.05) is 18.5 Å². The molecule has 9 heteroatoms. The number of rotatable bonds is 4. The molecule has 0 saturated carbocycles. The van der Waals surface area contributed by atoms with Crippen LogP contribution in [0.15, 0.2) is 41.2 Å². The quantitative estimate of drug-likeness (QED) is 0.635. The topological polar surface area (TPSA) is 69.0 Å². The standard InChI is InChI=1S/C23H23F3N4O2/c1-13(16-5-4-6-17(11-16)23(24,25)26)27-20-19-12-18(15-7-9-32-10-8-15)22(31)30(3)21(19)29-14(2)28-20/h4-7,11-13H,8-10H2,1-3H3,(H,27,28,29)/t13-/m1/s1. The third kappa shape index (κ3) is 4.25. The van der Waals surface area contributed by atoms with Crippen LogP contribution in [-0.2, 0) is 18.0 Å². The van der Waals surface area contributed by atoms with Crippen molar-refractivity contribution >= 4 is 22.4 Å². The number of hydrogen-bond donors (Lipinski definition) is 1. The number of anilines is 1. The zero-order valence-corrected chi connectivity index (χ0v) is 18.0. The molecule has 6 nitrogen and oxygen atoms in total. The van der Waals surface area contributed by atoms with E-state index in [4.69, 9.17) is 4.74 Å². The smallest absolute Gasteiger partial charge is 0.377 e. The lowest BCUT2D eigenvalue weighted by Gasteiger charge is -2.20. The average Bonchev–Trinajstić information content (AvgIpc) is 2.76. The number of nitrogens with zero attached hydrogens (tertiary/aromatic N) is 3. The van der Waals surface area contributed by atoms with Gasteiger partial charge in [-0.3, -0.25) is 9.36 Å². The molecule has 3 heterocycles. The summed E-state index contributed by atoms with van der Waals surface area (Å²) in [5.41, 5.74) is 1.50. The Kier molecular flexibility index (Phi) is 5.77. The first kappa shape index (κ1) is 22.0. The summed E-state index contributed by atoms with van der Waals surface area (Å²) in [6.07, 6.45) is -1.91. The monoisotopic (exact) mass is 444 g/mol. The number of nitrogens with one attached hydrogen (secondary N) is 1. The van der Waals surface area contributed by atoms with E-state index < -0.39 is 17.8 Å². The summed E-state index contributed by atoms with van der Waals surface area (Å²) in [6.45, 7) is 4.45. The minimum atomic E-state index is -4.42. The molecule has 0 unspecified atom stereocenters. The van der Waals surface area contributed by atoms with Crippen LogP contribution in [0.1, 0.15) is 41.9 Å². The van der Waals surface area contributed by atoms with Gasteiger partial charge >= 0.3 is 6.18 Å². The number of aryl methyl sites for hydroxylation is 2. The first-order chi connectivity index (χ1) is 15.1. The fourth-order valence-corrected chi connectivity index (χ4v) is 3.82. The van der Waals surface area contributed by atoms with E-state index in [2.05, 4.69) is 15.3 Å². The first-order valence-electron chi connectivity index (χ1n) is 10.2. The van der Waals surface area contributed by atoms with Gasteiger partial charge in [-0.25, -0.2) is 9.97 Å². The molecule has 1 aromatic carbocycles. The van der Waals surface area contributed by atoms with Crippen LogP contribution >= 0.6 is 0 Å². The van der Waals surface area contributed by atoms with E-state index in [0.717, 1.165) is 17.7 Å². The molecule has 1 aliphatic rings. The zero-order valence-electron chi connectivity index (χ0n) is 18.0. The number of hydrogen-bond acceptors (Lipinski definition) is 5. The van der Waals surface area contributed by atoms with Gasteiger partial charge in [-0.15, -0.1) is 0 Å². The van der Waals surface area contributed by atoms with Crippen molar-refractivity contribution in [2.24, 2.45) is 7.05 Å². The predicted octanol–water partition coefficient (Wildman–Crippen LogP) is 4.63. The molecule has 168 valence electrons. The molecule has 0 amide bonds. The number of fused-ring (bicyclic) bond motifs is 1.